The number of H-pyrrole nitrogens is 1. The summed E-state index contributed by atoms with van der Waals surface area (Å²) in [7, 11) is 0. The number of hydrogen-bond acceptors (Lipinski definition) is 11. The quantitative estimate of drug-likeness (QED) is 0.325. The average Bonchev–Trinajstić information content (AvgIpc) is 3.36. The Morgan fingerprint density at radius 1 is 1.24 bits per heavy atom. The molecule has 38 heavy (non-hydrogen) atoms. The summed E-state index contributed by atoms with van der Waals surface area (Å²) in [4.78, 5) is 48.5. The van der Waals surface area contributed by atoms with Gasteiger partial charge in [0.1, 0.15) is 36.6 Å². The lowest BCUT2D eigenvalue weighted by Gasteiger charge is -2.26. The number of hydrogen-bond donors (Lipinski definition) is 3. The van der Waals surface area contributed by atoms with Crippen molar-refractivity contribution in [3.8, 4) is 0 Å². The Hall–Kier alpha value is -2.75. The van der Waals surface area contributed by atoms with Crippen LogP contribution in [0.3, 0.4) is 0 Å². The van der Waals surface area contributed by atoms with Crippen LogP contribution in [0, 0.1) is 5.92 Å². The normalized spacial score (nSPS) is 25.4. The van der Waals surface area contributed by atoms with Gasteiger partial charge in [0.25, 0.3) is 5.56 Å². The van der Waals surface area contributed by atoms with E-state index < -0.39 is 59.6 Å². The molecule has 15 heteroatoms. The molecule has 0 aliphatic carbocycles. The first-order chi connectivity index (χ1) is 17.6. The highest BCUT2D eigenvalue weighted by Crippen LogP contribution is 2.44. The SMILES string of the molecule is CC(C)[C@H](NC(=O)OC(C)(C)C)C(=O)OC[C@H]1O[C@@H](n2c(Br)nc3c(=O)[nH]c(N)nc32)[C@@H]2OC(C)(C)O[C@@H]21. The van der Waals surface area contributed by atoms with E-state index in [1.54, 1.807) is 53.0 Å². The van der Waals surface area contributed by atoms with E-state index >= 15 is 0 Å². The molecule has 2 aliphatic rings. The number of anilines is 1. The molecule has 0 radical (unpaired) electrons. The summed E-state index contributed by atoms with van der Waals surface area (Å²) in [6.07, 6.45) is -3.57. The zero-order valence-electron chi connectivity index (χ0n) is 22.2. The summed E-state index contributed by atoms with van der Waals surface area (Å²) in [5.41, 5.74) is 4.79. The van der Waals surface area contributed by atoms with Gasteiger partial charge in [-0.15, -0.1) is 0 Å². The number of carbonyl (C=O) groups excluding carboxylic acids is 2. The number of fused-ring (bicyclic) bond motifs is 2. The summed E-state index contributed by atoms with van der Waals surface area (Å²) >= 11 is 3.37. The summed E-state index contributed by atoms with van der Waals surface area (Å²) in [5.74, 6) is -1.96. The Morgan fingerprint density at radius 3 is 2.53 bits per heavy atom. The minimum absolute atomic E-state index is 0.0623. The number of esters is 1. The Balaban J connectivity index is 1.54. The Morgan fingerprint density at radius 2 is 1.89 bits per heavy atom. The molecule has 5 atom stereocenters. The van der Waals surface area contributed by atoms with Crippen LogP contribution in [0.25, 0.3) is 11.2 Å². The fraction of sp³-hybridized carbons (Fsp3) is 0.696. The molecule has 0 spiro atoms. The van der Waals surface area contributed by atoms with Crippen molar-refractivity contribution in [3.05, 3.63) is 15.1 Å². The van der Waals surface area contributed by atoms with Crippen molar-refractivity contribution in [3.63, 3.8) is 0 Å². The second-order valence-corrected chi connectivity index (χ2v) is 11.7. The number of aromatic amines is 1. The molecule has 0 unspecified atom stereocenters. The summed E-state index contributed by atoms with van der Waals surface area (Å²) in [6.45, 7) is 12.1. The van der Waals surface area contributed by atoms with Gasteiger partial charge in [-0.1, -0.05) is 13.8 Å². The third kappa shape index (κ3) is 5.80. The predicted molar refractivity (Wildman–Crippen MR) is 137 cm³/mol. The highest BCUT2D eigenvalue weighted by Gasteiger charge is 2.57. The highest BCUT2D eigenvalue weighted by molar-refractivity contribution is 9.10. The molecule has 4 rings (SSSR count). The van der Waals surface area contributed by atoms with Crippen molar-refractivity contribution in [2.45, 2.75) is 90.4 Å². The van der Waals surface area contributed by atoms with Crippen LogP contribution in [0.1, 0.15) is 54.7 Å². The van der Waals surface area contributed by atoms with Crippen LogP contribution in [0.2, 0.25) is 0 Å². The van der Waals surface area contributed by atoms with E-state index in [1.165, 1.54) is 0 Å². The summed E-state index contributed by atoms with van der Waals surface area (Å²) in [5, 5.41) is 2.57. The van der Waals surface area contributed by atoms with Gasteiger partial charge in [-0.2, -0.15) is 4.98 Å². The van der Waals surface area contributed by atoms with Crippen LogP contribution in [-0.4, -0.2) is 73.9 Å². The van der Waals surface area contributed by atoms with Crippen molar-refractivity contribution in [1.82, 2.24) is 24.8 Å². The first-order valence-corrected chi connectivity index (χ1v) is 13.0. The smallest absolute Gasteiger partial charge is 0.408 e. The van der Waals surface area contributed by atoms with Gasteiger partial charge in [0.15, 0.2) is 27.9 Å². The molecule has 210 valence electrons. The van der Waals surface area contributed by atoms with Gasteiger partial charge >= 0.3 is 12.1 Å². The maximum absolute atomic E-state index is 13.0. The molecular weight excluding hydrogens is 568 g/mol. The number of nitrogens with zero attached hydrogens (tertiary/aromatic N) is 3. The molecule has 1 amide bonds. The zero-order chi connectivity index (χ0) is 28.2. The van der Waals surface area contributed by atoms with E-state index in [4.69, 9.17) is 29.4 Å². The number of aromatic nitrogens is 4. The Kier molecular flexibility index (Phi) is 7.51. The van der Waals surface area contributed by atoms with Crippen molar-refractivity contribution in [2.75, 3.05) is 12.3 Å². The van der Waals surface area contributed by atoms with Gasteiger partial charge < -0.3 is 34.7 Å². The van der Waals surface area contributed by atoms with Crippen LogP contribution in [0.15, 0.2) is 9.53 Å². The number of carbonyl (C=O) groups is 2. The topological polar surface area (TPSA) is 182 Å². The summed E-state index contributed by atoms with van der Waals surface area (Å²) < 4.78 is 31.1. The second kappa shape index (κ2) is 10.1. The first-order valence-electron chi connectivity index (χ1n) is 12.2. The van der Waals surface area contributed by atoms with E-state index in [0.717, 1.165) is 0 Å². The highest BCUT2D eigenvalue weighted by atomic mass is 79.9. The van der Waals surface area contributed by atoms with E-state index in [1.807, 2.05) is 0 Å². The predicted octanol–water partition coefficient (Wildman–Crippen LogP) is 1.97. The third-order valence-corrected chi connectivity index (χ3v) is 6.45. The number of amides is 1. The number of nitrogen functional groups attached to an aromatic ring is 1. The maximum atomic E-state index is 13.0. The lowest BCUT2D eigenvalue weighted by molar-refractivity contribution is -0.202. The molecule has 4 heterocycles. The van der Waals surface area contributed by atoms with Gasteiger partial charge in [0.05, 0.1) is 0 Å². The fourth-order valence-electron chi connectivity index (χ4n) is 4.39. The molecule has 0 bridgehead atoms. The van der Waals surface area contributed by atoms with Crippen LogP contribution < -0.4 is 16.6 Å². The van der Waals surface area contributed by atoms with Gasteiger partial charge in [-0.3, -0.25) is 14.3 Å². The molecule has 4 N–H and O–H groups in total. The molecule has 2 fully saturated rings. The molecule has 2 saturated heterocycles. The van der Waals surface area contributed by atoms with Crippen molar-refractivity contribution in [2.24, 2.45) is 5.92 Å². The van der Waals surface area contributed by atoms with Gasteiger partial charge in [0.2, 0.25) is 5.95 Å². The first kappa shape index (κ1) is 28.3. The molecule has 2 aromatic rings. The van der Waals surface area contributed by atoms with Crippen LogP contribution in [0.4, 0.5) is 10.7 Å². The Bertz CT molecular complexity index is 1290. The zero-order valence-corrected chi connectivity index (χ0v) is 23.8. The van der Waals surface area contributed by atoms with Gasteiger partial charge in [0, 0.05) is 0 Å². The minimum atomic E-state index is -0.953. The number of nitrogens with one attached hydrogen (secondary N) is 2. The van der Waals surface area contributed by atoms with E-state index in [2.05, 4.69) is 36.2 Å². The molecule has 2 aliphatic heterocycles. The second-order valence-electron chi connectivity index (χ2n) is 11.0. The van der Waals surface area contributed by atoms with E-state index in [0.29, 0.717) is 0 Å². The number of imidazole rings is 1. The van der Waals surface area contributed by atoms with Crippen molar-refractivity contribution < 1.29 is 33.3 Å². The fourth-order valence-corrected chi connectivity index (χ4v) is 4.93. The minimum Gasteiger partial charge on any atom is -0.461 e. The standard InChI is InChI=1S/C23H33BrN6O8/c1-9(2)11(27-21(33)38-22(3,4)5)18(32)34-8-10-13-14(37-23(6,7)36-13)17(35-10)30-15-12(26-19(30)24)16(31)29-20(25)28-15/h9-11,13-14,17H,8H2,1-7H3,(H,27,33)(H3,25,28,29,31)/t10-,11+,13-,14-,17-/m1/s1. The average molecular weight is 601 g/mol. The van der Waals surface area contributed by atoms with Crippen LogP contribution in [0.5, 0.6) is 0 Å². The number of alkyl carbamates (subject to hydrolysis) is 1. The molecule has 14 nitrogen and oxygen atoms in total. The van der Waals surface area contributed by atoms with E-state index in [-0.39, 0.29) is 34.4 Å². The number of halogens is 1. The lowest BCUT2D eigenvalue weighted by atomic mass is 10.1. The number of nitrogens with two attached hydrogens (primary N) is 1. The summed E-state index contributed by atoms with van der Waals surface area (Å²) in [6, 6.07) is -0.944. The number of rotatable bonds is 6. The van der Waals surface area contributed by atoms with Gasteiger partial charge in [-0.25, -0.2) is 14.6 Å². The molecule has 0 aromatic carbocycles. The van der Waals surface area contributed by atoms with Crippen molar-refractivity contribution in [1.29, 1.82) is 0 Å². The van der Waals surface area contributed by atoms with Crippen LogP contribution in [-0.2, 0) is 28.5 Å². The molecule has 2 aromatic heterocycles. The monoisotopic (exact) mass is 600 g/mol. The van der Waals surface area contributed by atoms with Crippen molar-refractivity contribution >= 4 is 45.1 Å². The van der Waals surface area contributed by atoms with Gasteiger partial charge in [-0.05, 0) is 56.5 Å². The largest absolute Gasteiger partial charge is 0.461 e. The Labute approximate surface area is 227 Å². The third-order valence-electron chi connectivity index (χ3n) is 5.89. The molecular formula is C23H33BrN6O8. The number of ether oxygens (including phenoxy) is 5. The van der Waals surface area contributed by atoms with E-state index in [9.17, 15) is 14.4 Å². The maximum Gasteiger partial charge on any atom is 0.408 e. The van der Waals surface area contributed by atoms with Crippen LogP contribution >= 0.6 is 15.9 Å². The lowest BCUT2D eigenvalue weighted by Crippen LogP contribution is -2.48. The molecule has 0 saturated carbocycles.